The molecule has 3 rings (SSSR count). The van der Waals surface area contributed by atoms with Gasteiger partial charge < -0.3 is 19.0 Å². The Morgan fingerprint density at radius 3 is 2.63 bits per heavy atom. The molecule has 1 N–H and O–H groups in total. The average molecular weight is 367 g/mol. The smallest absolute Gasteiger partial charge is 0.349 e. The van der Waals surface area contributed by atoms with E-state index >= 15 is 0 Å². The van der Waals surface area contributed by atoms with Crippen LogP contribution < -0.4 is 10.4 Å². The van der Waals surface area contributed by atoms with E-state index in [4.69, 9.17) is 13.9 Å². The van der Waals surface area contributed by atoms with Crippen LogP contribution in [0.3, 0.4) is 0 Å². The summed E-state index contributed by atoms with van der Waals surface area (Å²) in [4.78, 5) is 28.0. The lowest BCUT2D eigenvalue weighted by Crippen LogP contribution is -2.07. The molecule has 7 heteroatoms. The van der Waals surface area contributed by atoms with E-state index in [-0.39, 0.29) is 16.9 Å². The fourth-order valence-electron chi connectivity index (χ4n) is 2.51. The first-order valence-electron chi connectivity index (χ1n) is 8.19. The Morgan fingerprint density at radius 2 is 1.96 bits per heavy atom. The van der Waals surface area contributed by atoms with Gasteiger partial charge in [0.1, 0.15) is 11.3 Å². The third-order valence-corrected chi connectivity index (χ3v) is 3.84. The summed E-state index contributed by atoms with van der Waals surface area (Å²) in [6.45, 7) is 2.02. The van der Waals surface area contributed by atoms with Crippen molar-refractivity contribution in [1.29, 1.82) is 0 Å². The molecule has 0 saturated carbocycles. The molecule has 0 aliphatic heterocycles. The zero-order valence-electron chi connectivity index (χ0n) is 14.8. The summed E-state index contributed by atoms with van der Waals surface area (Å²) in [5, 5.41) is 10.8. The van der Waals surface area contributed by atoms with Crippen LogP contribution in [-0.2, 0) is 4.74 Å². The monoisotopic (exact) mass is 367 g/mol. The van der Waals surface area contributed by atoms with Crippen molar-refractivity contribution in [2.75, 3.05) is 13.7 Å². The van der Waals surface area contributed by atoms with Crippen LogP contribution in [-0.4, -0.2) is 31.0 Å². The summed E-state index contributed by atoms with van der Waals surface area (Å²) < 4.78 is 15.3. The molecular weight excluding hydrogens is 350 g/mol. The molecular formula is C20H17NO6. The van der Waals surface area contributed by atoms with Gasteiger partial charge in [-0.05, 0) is 43.3 Å². The van der Waals surface area contributed by atoms with Crippen LogP contribution in [0.5, 0.6) is 11.5 Å². The zero-order chi connectivity index (χ0) is 19.4. The molecule has 2 aromatic carbocycles. The molecule has 0 aliphatic rings. The van der Waals surface area contributed by atoms with E-state index in [2.05, 4.69) is 4.99 Å². The third kappa shape index (κ3) is 3.67. The first kappa shape index (κ1) is 18.2. The SMILES string of the molecule is CCOC(=O)c1ccc(N=Cc2c(O)c3cccc(OC)c3oc2=O)cc1. The van der Waals surface area contributed by atoms with Gasteiger partial charge in [0, 0.05) is 6.21 Å². The lowest BCUT2D eigenvalue weighted by Gasteiger charge is -2.06. The number of aromatic hydroxyl groups is 1. The van der Waals surface area contributed by atoms with Crippen LogP contribution in [0.1, 0.15) is 22.8 Å². The van der Waals surface area contributed by atoms with E-state index in [1.807, 2.05) is 0 Å². The van der Waals surface area contributed by atoms with E-state index in [0.717, 1.165) is 0 Å². The average Bonchev–Trinajstić information content (AvgIpc) is 2.68. The minimum atomic E-state index is -0.739. The lowest BCUT2D eigenvalue weighted by molar-refractivity contribution is 0.0526. The predicted octanol–water partition coefficient (Wildman–Crippen LogP) is 3.43. The van der Waals surface area contributed by atoms with E-state index in [1.165, 1.54) is 13.3 Å². The van der Waals surface area contributed by atoms with Gasteiger partial charge in [0.05, 0.1) is 30.4 Å². The number of ether oxygens (including phenoxy) is 2. The van der Waals surface area contributed by atoms with Crippen LogP contribution in [0.4, 0.5) is 5.69 Å². The van der Waals surface area contributed by atoms with Crippen molar-refractivity contribution in [3.63, 3.8) is 0 Å². The van der Waals surface area contributed by atoms with E-state index in [0.29, 0.717) is 29.0 Å². The maximum atomic E-state index is 12.2. The van der Waals surface area contributed by atoms with Crippen molar-refractivity contribution in [3.8, 4) is 11.5 Å². The van der Waals surface area contributed by atoms with Crippen LogP contribution >= 0.6 is 0 Å². The minimum absolute atomic E-state index is 0.0785. The van der Waals surface area contributed by atoms with Crippen molar-refractivity contribution < 1.29 is 23.8 Å². The van der Waals surface area contributed by atoms with Crippen molar-refractivity contribution in [2.24, 2.45) is 4.99 Å². The summed E-state index contributed by atoms with van der Waals surface area (Å²) in [5.74, 6) is -0.320. The van der Waals surface area contributed by atoms with Crippen LogP contribution in [0.25, 0.3) is 11.0 Å². The number of carbonyl (C=O) groups is 1. The van der Waals surface area contributed by atoms with Crippen LogP contribution in [0.15, 0.2) is 56.7 Å². The number of carbonyl (C=O) groups excluding carboxylic acids is 1. The predicted molar refractivity (Wildman–Crippen MR) is 100 cm³/mol. The number of hydrogen-bond donors (Lipinski definition) is 1. The van der Waals surface area contributed by atoms with Gasteiger partial charge in [0.25, 0.3) is 0 Å². The van der Waals surface area contributed by atoms with Gasteiger partial charge in [-0.15, -0.1) is 0 Å². The van der Waals surface area contributed by atoms with Gasteiger partial charge in [-0.25, -0.2) is 9.59 Å². The molecule has 0 aliphatic carbocycles. The molecule has 0 radical (unpaired) electrons. The molecule has 0 saturated heterocycles. The van der Waals surface area contributed by atoms with E-state index in [1.54, 1.807) is 49.4 Å². The summed E-state index contributed by atoms with van der Waals surface area (Å²) in [5.41, 5.74) is 0.239. The van der Waals surface area contributed by atoms with E-state index in [9.17, 15) is 14.7 Å². The normalized spacial score (nSPS) is 11.0. The minimum Gasteiger partial charge on any atom is -0.506 e. The first-order valence-corrected chi connectivity index (χ1v) is 8.19. The number of rotatable bonds is 5. The molecule has 0 atom stereocenters. The van der Waals surface area contributed by atoms with Crippen LogP contribution in [0, 0.1) is 0 Å². The van der Waals surface area contributed by atoms with Gasteiger partial charge in [0.15, 0.2) is 11.3 Å². The molecule has 7 nitrogen and oxygen atoms in total. The maximum absolute atomic E-state index is 12.2. The molecule has 0 amide bonds. The topological polar surface area (TPSA) is 98.3 Å². The molecule has 27 heavy (non-hydrogen) atoms. The Kier molecular flexibility index (Phi) is 5.21. The molecule has 0 bridgehead atoms. The van der Waals surface area contributed by atoms with Crippen LogP contribution in [0.2, 0.25) is 0 Å². The summed E-state index contributed by atoms with van der Waals surface area (Å²) in [6.07, 6.45) is 1.22. The Balaban J connectivity index is 1.95. The van der Waals surface area contributed by atoms with Crippen molar-refractivity contribution in [3.05, 3.63) is 64.0 Å². The fraction of sp³-hybridized carbons (Fsp3) is 0.150. The molecule has 1 aromatic heterocycles. The van der Waals surface area contributed by atoms with Gasteiger partial charge in [-0.3, -0.25) is 4.99 Å². The number of methoxy groups -OCH3 is 1. The van der Waals surface area contributed by atoms with Crippen molar-refractivity contribution in [2.45, 2.75) is 6.92 Å². The molecule has 0 fully saturated rings. The second kappa shape index (κ2) is 7.74. The van der Waals surface area contributed by atoms with Gasteiger partial charge in [0.2, 0.25) is 0 Å². The summed E-state index contributed by atoms with van der Waals surface area (Å²) in [7, 11) is 1.45. The molecule has 1 heterocycles. The third-order valence-electron chi connectivity index (χ3n) is 3.84. The molecule has 0 spiro atoms. The maximum Gasteiger partial charge on any atom is 0.349 e. The Hall–Kier alpha value is -3.61. The summed E-state index contributed by atoms with van der Waals surface area (Å²) in [6, 6.07) is 11.3. The fourth-order valence-corrected chi connectivity index (χ4v) is 2.51. The van der Waals surface area contributed by atoms with Gasteiger partial charge in [-0.2, -0.15) is 0 Å². The number of nitrogens with zero attached hydrogens (tertiary/aromatic N) is 1. The second-order valence-corrected chi connectivity index (χ2v) is 5.51. The van der Waals surface area contributed by atoms with Gasteiger partial charge >= 0.3 is 11.6 Å². The van der Waals surface area contributed by atoms with Crippen molar-refractivity contribution >= 4 is 28.8 Å². The Labute approximate surface area is 154 Å². The van der Waals surface area contributed by atoms with Gasteiger partial charge in [-0.1, -0.05) is 6.07 Å². The Morgan fingerprint density at radius 1 is 1.22 bits per heavy atom. The first-order chi connectivity index (χ1) is 13.0. The molecule has 3 aromatic rings. The van der Waals surface area contributed by atoms with Crippen molar-refractivity contribution in [1.82, 2.24) is 0 Å². The number of benzene rings is 2. The molecule has 138 valence electrons. The highest BCUT2D eigenvalue weighted by atomic mass is 16.5. The highest BCUT2D eigenvalue weighted by Gasteiger charge is 2.15. The number of esters is 1. The number of para-hydroxylation sites is 1. The largest absolute Gasteiger partial charge is 0.506 e. The number of hydrogen-bond acceptors (Lipinski definition) is 7. The standard InChI is InChI=1S/C20H17NO6/c1-3-26-19(23)12-7-9-13(10-8-12)21-11-15-17(22)14-5-4-6-16(25-2)18(14)27-20(15)24/h4-11,22H,3H2,1-2H3. The molecule has 0 unspecified atom stereocenters. The second-order valence-electron chi connectivity index (χ2n) is 5.51. The zero-order valence-corrected chi connectivity index (χ0v) is 14.8. The quantitative estimate of drug-likeness (QED) is 0.421. The van der Waals surface area contributed by atoms with E-state index < -0.39 is 11.6 Å². The number of aliphatic imine (C=N–C) groups is 1. The highest BCUT2D eigenvalue weighted by Crippen LogP contribution is 2.31. The summed E-state index contributed by atoms with van der Waals surface area (Å²) >= 11 is 0. The number of fused-ring (bicyclic) bond motifs is 1. The lowest BCUT2D eigenvalue weighted by atomic mass is 10.1. The Bertz CT molecular complexity index is 1070. The highest BCUT2D eigenvalue weighted by molar-refractivity contribution is 5.96.